The molecule has 5 rings (SSSR count). The quantitative estimate of drug-likeness (QED) is 0.749. The zero-order valence-corrected chi connectivity index (χ0v) is 15.0. The second-order valence-corrected chi connectivity index (χ2v) is 7.31. The van der Waals surface area contributed by atoms with Crippen LogP contribution in [0.1, 0.15) is 36.8 Å². The molecule has 2 aromatic heterocycles. The summed E-state index contributed by atoms with van der Waals surface area (Å²) in [6.45, 7) is 1.58. The Labute approximate surface area is 156 Å². The molecule has 138 valence electrons. The van der Waals surface area contributed by atoms with Gasteiger partial charge in [0.2, 0.25) is 17.7 Å². The molecule has 1 aromatic carbocycles. The van der Waals surface area contributed by atoms with Gasteiger partial charge in [-0.25, -0.2) is 15.0 Å². The first kappa shape index (κ1) is 16.2. The molecule has 1 saturated carbocycles. The summed E-state index contributed by atoms with van der Waals surface area (Å²) < 4.78 is 5.63. The number of nitrogens with one attached hydrogen (secondary N) is 1. The Bertz CT molecular complexity index is 948. The van der Waals surface area contributed by atoms with Crippen molar-refractivity contribution >= 4 is 23.0 Å². The van der Waals surface area contributed by atoms with Gasteiger partial charge in [0.25, 0.3) is 0 Å². The summed E-state index contributed by atoms with van der Waals surface area (Å²) in [6, 6.07) is 9.64. The van der Waals surface area contributed by atoms with Gasteiger partial charge in [-0.1, -0.05) is 12.1 Å². The minimum Gasteiger partial charge on any atom is -0.440 e. The highest BCUT2D eigenvalue weighted by molar-refractivity contribution is 5.79. The first-order chi connectivity index (χ1) is 13.2. The van der Waals surface area contributed by atoms with Gasteiger partial charge in [-0.15, -0.1) is 0 Å². The van der Waals surface area contributed by atoms with Gasteiger partial charge in [0.1, 0.15) is 11.9 Å². The minimum absolute atomic E-state index is 0.0685. The van der Waals surface area contributed by atoms with Crippen molar-refractivity contribution in [3.8, 4) is 0 Å². The number of carbonyl (C=O) groups is 1. The Kier molecular flexibility index (Phi) is 3.99. The SMILES string of the molecule is O=C(Cc1nc2ccccc2o1)NC1CCN(c2nccc(C3CC3)n2)C1. The van der Waals surface area contributed by atoms with E-state index in [4.69, 9.17) is 9.40 Å². The number of benzene rings is 1. The van der Waals surface area contributed by atoms with Gasteiger partial charge < -0.3 is 14.6 Å². The maximum absolute atomic E-state index is 12.4. The van der Waals surface area contributed by atoms with Gasteiger partial charge in [0.15, 0.2) is 5.58 Å². The van der Waals surface area contributed by atoms with Crippen molar-refractivity contribution in [2.24, 2.45) is 0 Å². The average molecular weight is 363 g/mol. The Balaban J connectivity index is 1.19. The molecule has 1 aliphatic carbocycles. The summed E-state index contributed by atoms with van der Waals surface area (Å²) in [4.78, 5) is 28.0. The number of hydrogen-bond donors (Lipinski definition) is 1. The maximum atomic E-state index is 12.4. The van der Waals surface area contributed by atoms with E-state index in [0.29, 0.717) is 17.4 Å². The molecule has 7 heteroatoms. The molecule has 27 heavy (non-hydrogen) atoms. The van der Waals surface area contributed by atoms with Crippen LogP contribution in [0.25, 0.3) is 11.1 Å². The fraction of sp³-hybridized carbons (Fsp3) is 0.400. The molecule has 7 nitrogen and oxygen atoms in total. The average Bonchev–Trinajstić information content (AvgIpc) is 3.29. The lowest BCUT2D eigenvalue weighted by atomic mass is 10.2. The fourth-order valence-corrected chi connectivity index (χ4v) is 3.59. The van der Waals surface area contributed by atoms with Crippen molar-refractivity contribution < 1.29 is 9.21 Å². The van der Waals surface area contributed by atoms with E-state index in [1.807, 2.05) is 36.5 Å². The van der Waals surface area contributed by atoms with E-state index in [9.17, 15) is 4.79 Å². The molecule has 3 heterocycles. The molecule has 1 atom stereocenters. The number of para-hydroxylation sites is 2. The summed E-state index contributed by atoms with van der Waals surface area (Å²) in [5.41, 5.74) is 2.63. The smallest absolute Gasteiger partial charge is 0.229 e. The van der Waals surface area contributed by atoms with Gasteiger partial charge >= 0.3 is 0 Å². The Morgan fingerprint density at radius 1 is 1.19 bits per heavy atom. The van der Waals surface area contributed by atoms with Crippen molar-refractivity contribution in [3.63, 3.8) is 0 Å². The van der Waals surface area contributed by atoms with Crippen LogP contribution in [0.5, 0.6) is 0 Å². The third kappa shape index (κ3) is 3.49. The van der Waals surface area contributed by atoms with Crippen LogP contribution >= 0.6 is 0 Å². The number of fused-ring (bicyclic) bond motifs is 1. The largest absolute Gasteiger partial charge is 0.440 e. The van der Waals surface area contributed by atoms with Crippen LogP contribution in [0, 0.1) is 0 Å². The molecule has 1 saturated heterocycles. The number of anilines is 1. The summed E-state index contributed by atoms with van der Waals surface area (Å²) in [5, 5.41) is 3.08. The van der Waals surface area contributed by atoms with E-state index in [-0.39, 0.29) is 18.4 Å². The van der Waals surface area contributed by atoms with E-state index >= 15 is 0 Å². The van der Waals surface area contributed by atoms with Crippen LogP contribution in [0.3, 0.4) is 0 Å². The number of carbonyl (C=O) groups excluding carboxylic acids is 1. The van der Waals surface area contributed by atoms with Crippen LogP contribution in [-0.2, 0) is 11.2 Å². The number of oxazole rings is 1. The number of amides is 1. The predicted octanol–water partition coefficient (Wildman–Crippen LogP) is 2.43. The standard InChI is InChI=1S/C20H21N5O2/c26-18(11-19-23-16-3-1-2-4-17(16)27-19)22-14-8-10-25(12-14)20-21-9-7-15(24-20)13-5-6-13/h1-4,7,9,13-14H,5-6,8,10-12H2,(H,22,26). The summed E-state index contributed by atoms with van der Waals surface area (Å²) in [5.74, 6) is 1.77. The second kappa shape index (κ2) is 6.64. The van der Waals surface area contributed by atoms with E-state index < -0.39 is 0 Å². The zero-order chi connectivity index (χ0) is 18.2. The number of rotatable bonds is 5. The third-order valence-corrected chi connectivity index (χ3v) is 5.15. The van der Waals surface area contributed by atoms with Crippen LogP contribution in [-0.4, -0.2) is 40.0 Å². The van der Waals surface area contributed by atoms with E-state index in [2.05, 4.69) is 20.2 Å². The maximum Gasteiger partial charge on any atom is 0.229 e. The van der Waals surface area contributed by atoms with Gasteiger partial charge in [0, 0.05) is 36.9 Å². The molecular weight excluding hydrogens is 342 g/mol. The minimum atomic E-state index is -0.0685. The van der Waals surface area contributed by atoms with Crippen molar-refractivity contribution in [3.05, 3.63) is 48.1 Å². The Hall–Kier alpha value is -2.96. The second-order valence-electron chi connectivity index (χ2n) is 7.31. The van der Waals surface area contributed by atoms with Crippen molar-refractivity contribution in [1.82, 2.24) is 20.3 Å². The predicted molar refractivity (Wildman–Crippen MR) is 100 cm³/mol. The lowest BCUT2D eigenvalue weighted by Crippen LogP contribution is -2.38. The van der Waals surface area contributed by atoms with E-state index in [0.717, 1.165) is 36.7 Å². The molecule has 1 amide bonds. The molecular formula is C20H21N5O2. The molecule has 0 radical (unpaired) electrons. The van der Waals surface area contributed by atoms with Crippen molar-refractivity contribution in [2.75, 3.05) is 18.0 Å². The van der Waals surface area contributed by atoms with Crippen LogP contribution in [0.4, 0.5) is 5.95 Å². The topological polar surface area (TPSA) is 84.2 Å². The van der Waals surface area contributed by atoms with Crippen molar-refractivity contribution in [2.45, 2.75) is 37.6 Å². The van der Waals surface area contributed by atoms with Gasteiger partial charge in [-0.2, -0.15) is 0 Å². The highest BCUT2D eigenvalue weighted by atomic mass is 16.3. The summed E-state index contributed by atoms with van der Waals surface area (Å²) in [7, 11) is 0. The van der Waals surface area contributed by atoms with E-state index in [1.54, 1.807) is 0 Å². The highest BCUT2D eigenvalue weighted by Gasteiger charge is 2.29. The highest BCUT2D eigenvalue weighted by Crippen LogP contribution is 2.39. The zero-order valence-electron chi connectivity index (χ0n) is 15.0. The molecule has 1 aliphatic heterocycles. The van der Waals surface area contributed by atoms with Crippen LogP contribution in [0.2, 0.25) is 0 Å². The number of hydrogen-bond acceptors (Lipinski definition) is 6. The summed E-state index contributed by atoms with van der Waals surface area (Å²) in [6.07, 6.45) is 5.33. The monoisotopic (exact) mass is 363 g/mol. The Morgan fingerprint density at radius 3 is 2.93 bits per heavy atom. The number of aromatic nitrogens is 3. The fourth-order valence-electron chi connectivity index (χ4n) is 3.59. The molecule has 1 unspecified atom stereocenters. The molecule has 2 aliphatic rings. The Morgan fingerprint density at radius 2 is 2.07 bits per heavy atom. The number of nitrogens with zero attached hydrogens (tertiary/aromatic N) is 4. The van der Waals surface area contributed by atoms with Gasteiger partial charge in [-0.3, -0.25) is 4.79 Å². The normalized spacial score (nSPS) is 19.6. The summed E-state index contributed by atoms with van der Waals surface area (Å²) >= 11 is 0. The van der Waals surface area contributed by atoms with Crippen LogP contribution in [0.15, 0.2) is 40.9 Å². The first-order valence-corrected chi connectivity index (χ1v) is 9.46. The van der Waals surface area contributed by atoms with Gasteiger partial charge in [0.05, 0.1) is 0 Å². The lowest BCUT2D eigenvalue weighted by Gasteiger charge is -2.17. The third-order valence-electron chi connectivity index (χ3n) is 5.15. The van der Waals surface area contributed by atoms with E-state index in [1.165, 1.54) is 12.8 Å². The first-order valence-electron chi connectivity index (χ1n) is 9.46. The van der Waals surface area contributed by atoms with Crippen molar-refractivity contribution in [1.29, 1.82) is 0 Å². The van der Waals surface area contributed by atoms with Gasteiger partial charge in [-0.05, 0) is 37.5 Å². The molecule has 1 N–H and O–H groups in total. The molecule has 0 bridgehead atoms. The lowest BCUT2D eigenvalue weighted by molar-refractivity contribution is -0.121. The van der Waals surface area contributed by atoms with Crippen LogP contribution < -0.4 is 10.2 Å². The molecule has 2 fully saturated rings. The molecule has 0 spiro atoms. The molecule has 3 aromatic rings.